The summed E-state index contributed by atoms with van der Waals surface area (Å²) in [4.78, 5) is 30.4. The Hall–Kier alpha value is -2.89. The van der Waals surface area contributed by atoms with Crippen molar-refractivity contribution in [3.63, 3.8) is 0 Å². The summed E-state index contributed by atoms with van der Waals surface area (Å²) < 4.78 is 0. The smallest absolute Gasteiger partial charge is 0.270 e. The second kappa shape index (κ2) is 6.81. The molecule has 6 nitrogen and oxygen atoms in total. The minimum absolute atomic E-state index is 0.0165. The molecule has 2 atom stereocenters. The summed E-state index contributed by atoms with van der Waals surface area (Å²) in [5.74, 6) is 1.02. The first-order valence-corrected chi connectivity index (χ1v) is 11.4. The number of hydrogen-bond donors (Lipinski definition) is 3. The van der Waals surface area contributed by atoms with Gasteiger partial charge in [-0.3, -0.25) is 14.6 Å². The minimum Gasteiger partial charge on any atom is -0.384 e. The quantitative estimate of drug-likeness (QED) is 0.714. The average Bonchev–Trinajstić information content (AvgIpc) is 3.20. The van der Waals surface area contributed by atoms with Gasteiger partial charge in [-0.15, -0.1) is 0 Å². The van der Waals surface area contributed by atoms with Gasteiger partial charge in [-0.25, -0.2) is 0 Å². The first kappa shape index (κ1) is 18.8. The van der Waals surface area contributed by atoms with Crippen molar-refractivity contribution >= 4 is 17.5 Å². The van der Waals surface area contributed by atoms with Gasteiger partial charge in [0.1, 0.15) is 5.69 Å². The molecule has 1 aliphatic heterocycles. The Balaban J connectivity index is 1.24. The van der Waals surface area contributed by atoms with E-state index in [2.05, 4.69) is 20.9 Å². The van der Waals surface area contributed by atoms with Gasteiger partial charge in [0.25, 0.3) is 11.8 Å². The molecule has 4 fully saturated rings. The van der Waals surface area contributed by atoms with Gasteiger partial charge in [0.2, 0.25) is 0 Å². The van der Waals surface area contributed by atoms with Crippen molar-refractivity contribution in [1.29, 1.82) is 0 Å². The van der Waals surface area contributed by atoms with E-state index < -0.39 is 0 Å². The predicted molar refractivity (Wildman–Crippen MR) is 118 cm³/mol. The molecule has 0 saturated heterocycles. The van der Waals surface area contributed by atoms with Gasteiger partial charge in [-0.05, 0) is 92.7 Å². The molecule has 3 N–H and O–H groups in total. The lowest BCUT2D eigenvalue weighted by atomic mass is 9.49. The number of nitrogens with one attached hydrogen (secondary N) is 3. The molecule has 4 bridgehead atoms. The topological polar surface area (TPSA) is 83.1 Å². The maximum Gasteiger partial charge on any atom is 0.270 e. The van der Waals surface area contributed by atoms with E-state index in [-0.39, 0.29) is 22.9 Å². The summed E-state index contributed by atoms with van der Waals surface area (Å²) in [6.07, 6.45) is 8.68. The molecule has 7 rings (SSSR count). The Morgan fingerprint density at radius 2 is 1.71 bits per heavy atom. The van der Waals surface area contributed by atoms with E-state index in [1.165, 1.54) is 12.0 Å². The molecule has 2 heterocycles. The molecule has 2 amide bonds. The van der Waals surface area contributed by atoms with Gasteiger partial charge in [0.05, 0.1) is 0 Å². The number of aromatic nitrogens is 1. The first-order valence-electron chi connectivity index (χ1n) is 11.4. The van der Waals surface area contributed by atoms with Crippen molar-refractivity contribution < 1.29 is 9.59 Å². The van der Waals surface area contributed by atoms with Crippen LogP contribution in [-0.2, 0) is 6.42 Å². The van der Waals surface area contributed by atoms with Gasteiger partial charge in [-0.2, -0.15) is 0 Å². The van der Waals surface area contributed by atoms with Gasteiger partial charge < -0.3 is 16.0 Å². The van der Waals surface area contributed by atoms with Crippen LogP contribution in [0.4, 0.5) is 5.69 Å². The molecule has 4 saturated carbocycles. The summed E-state index contributed by atoms with van der Waals surface area (Å²) in [5.41, 5.74) is 3.09. The third-order valence-corrected chi connectivity index (χ3v) is 7.79. The van der Waals surface area contributed by atoms with Crippen molar-refractivity contribution in [1.82, 2.24) is 15.6 Å². The molecule has 5 aliphatic rings. The number of amides is 2. The lowest BCUT2D eigenvalue weighted by Gasteiger charge is -2.62. The zero-order chi connectivity index (χ0) is 21.1. The molecule has 2 unspecified atom stereocenters. The summed E-state index contributed by atoms with van der Waals surface area (Å²) in [6.45, 7) is 0.937. The molecule has 0 spiro atoms. The van der Waals surface area contributed by atoms with Crippen molar-refractivity contribution in [2.45, 2.75) is 56.0 Å². The molecular weight excluding hydrogens is 388 g/mol. The fourth-order valence-corrected chi connectivity index (χ4v) is 7.12. The molecule has 2 aromatic rings. The summed E-state index contributed by atoms with van der Waals surface area (Å²) >= 11 is 0. The van der Waals surface area contributed by atoms with Crippen molar-refractivity contribution in [3.8, 4) is 0 Å². The van der Waals surface area contributed by atoms with Gasteiger partial charge in [0.15, 0.2) is 0 Å². The van der Waals surface area contributed by atoms with Gasteiger partial charge >= 0.3 is 0 Å². The van der Waals surface area contributed by atoms with Gasteiger partial charge in [-0.1, -0.05) is 6.07 Å². The van der Waals surface area contributed by atoms with E-state index in [1.807, 2.05) is 30.3 Å². The number of nitrogens with zero attached hydrogens (tertiary/aromatic N) is 1. The number of anilines is 1. The van der Waals surface area contributed by atoms with Crippen LogP contribution in [0.25, 0.3) is 0 Å². The summed E-state index contributed by atoms with van der Waals surface area (Å²) in [7, 11) is 0. The molecule has 1 aromatic heterocycles. The van der Waals surface area contributed by atoms with E-state index >= 15 is 0 Å². The van der Waals surface area contributed by atoms with Crippen molar-refractivity contribution in [3.05, 3.63) is 59.4 Å². The molecule has 4 aliphatic carbocycles. The highest BCUT2D eigenvalue weighted by Gasteiger charge is 2.58. The van der Waals surface area contributed by atoms with E-state index in [0.717, 1.165) is 56.3 Å². The van der Waals surface area contributed by atoms with Crippen LogP contribution in [0.1, 0.15) is 64.9 Å². The van der Waals surface area contributed by atoms with Crippen LogP contribution in [0.15, 0.2) is 42.6 Å². The van der Waals surface area contributed by atoms with Crippen LogP contribution >= 0.6 is 0 Å². The third-order valence-electron chi connectivity index (χ3n) is 7.79. The third kappa shape index (κ3) is 3.29. The Kier molecular flexibility index (Phi) is 4.14. The van der Waals surface area contributed by atoms with E-state index in [9.17, 15) is 9.59 Å². The van der Waals surface area contributed by atoms with Crippen LogP contribution in [0.5, 0.6) is 0 Å². The number of carbonyl (C=O) groups is 2. The molecule has 0 radical (unpaired) electrons. The van der Waals surface area contributed by atoms with Gasteiger partial charge in [0, 0.05) is 35.1 Å². The Morgan fingerprint density at radius 1 is 0.968 bits per heavy atom. The number of rotatable bonds is 4. The number of benzene rings is 1. The Labute approximate surface area is 182 Å². The molecule has 160 valence electrons. The highest BCUT2D eigenvalue weighted by molar-refractivity contribution is 5.96. The van der Waals surface area contributed by atoms with Crippen LogP contribution < -0.4 is 16.0 Å². The number of hydrogen-bond acceptors (Lipinski definition) is 4. The second-order valence-corrected chi connectivity index (χ2v) is 10.2. The Morgan fingerprint density at radius 3 is 2.42 bits per heavy atom. The maximum atomic E-state index is 13.2. The normalized spacial score (nSPS) is 32.3. The number of pyridine rings is 1. The zero-order valence-corrected chi connectivity index (χ0v) is 17.6. The predicted octanol–water partition coefficient (Wildman–Crippen LogP) is 3.30. The molecule has 1 aromatic carbocycles. The summed E-state index contributed by atoms with van der Waals surface area (Å²) in [5, 5.41) is 10.1. The first-order chi connectivity index (χ1) is 15.0. The standard InChI is InChI=1S/C25H28N4O2/c30-22(19-4-5-20-18(10-19)6-8-27-20)28-24-11-16-9-17(12-24)14-25(13-16,15-24)29-23(31)21-3-1-2-7-26-21/h1-5,7,10,16-17,27H,6,8-9,11-15H2,(H,28,30)(H,29,31). The number of carbonyl (C=O) groups excluding carboxylic acids is 2. The highest BCUT2D eigenvalue weighted by Crippen LogP contribution is 2.57. The fourth-order valence-electron chi connectivity index (χ4n) is 7.12. The van der Waals surface area contributed by atoms with E-state index in [1.54, 1.807) is 12.3 Å². The van der Waals surface area contributed by atoms with Crippen LogP contribution in [-0.4, -0.2) is 34.4 Å². The van der Waals surface area contributed by atoms with Crippen LogP contribution in [0, 0.1) is 11.8 Å². The lowest BCUT2D eigenvalue weighted by Crippen LogP contribution is -2.69. The molecule has 31 heavy (non-hydrogen) atoms. The van der Waals surface area contributed by atoms with Crippen molar-refractivity contribution in [2.75, 3.05) is 11.9 Å². The van der Waals surface area contributed by atoms with Crippen LogP contribution in [0.2, 0.25) is 0 Å². The minimum atomic E-state index is -0.242. The molecule has 6 heteroatoms. The highest BCUT2D eigenvalue weighted by atomic mass is 16.2. The maximum absolute atomic E-state index is 13.2. The van der Waals surface area contributed by atoms with Crippen molar-refractivity contribution in [2.24, 2.45) is 11.8 Å². The fraction of sp³-hybridized carbons (Fsp3) is 0.480. The second-order valence-electron chi connectivity index (χ2n) is 10.2. The van der Waals surface area contributed by atoms with E-state index in [0.29, 0.717) is 17.5 Å². The van der Waals surface area contributed by atoms with E-state index in [4.69, 9.17) is 0 Å². The average molecular weight is 417 g/mol. The molecular formula is C25H28N4O2. The number of fused-ring (bicyclic) bond motifs is 1. The SMILES string of the molecule is O=C(NC12CC3CC(C1)CC(NC(=O)c1ccccn1)(C3)C2)c1ccc2c(c1)CCN2. The Bertz CT molecular complexity index is 1040. The summed E-state index contributed by atoms with van der Waals surface area (Å²) in [6, 6.07) is 11.4. The largest absolute Gasteiger partial charge is 0.384 e. The monoisotopic (exact) mass is 416 g/mol. The lowest BCUT2D eigenvalue weighted by molar-refractivity contribution is -0.0448. The zero-order valence-electron chi connectivity index (χ0n) is 17.6. The van der Waals surface area contributed by atoms with Crippen LogP contribution in [0.3, 0.4) is 0 Å².